The monoisotopic (exact) mass is 318 g/mol. The summed E-state index contributed by atoms with van der Waals surface area (Å²) in [6, 6.07) is 10.8. The number of carbonyl (C=O) groups is 1. The first-order valence-corrected chi connectivity index (χ1v) is 7.45. The summed E-state index contributed by atoms with van der Waals surface area (Å²) >= 11 is 5.83. The van der Waals surface area contributed by atoms with Gasteiger partial charge in [0, 0.05) is 11.8 Å². The number of pyridine rings is 1. The van der Waals surface area contributed by atoms with Gasteiger partial charge in [0.15, 0.2) is 0 Å². The molecule has 116 valence electrons. The Kier molecular flexibility index (Phi) is 5.39. The van der Waals surface area contributed by atoms with Crippen LogP contribution in [0.15, 0.2) is 42.6 Å². The summed E-state index contributed by atoms with van der Waals surface area (Å²) in [6.07, 6.45) is 1.52. The van der Waals surface area contributed by atoms with Gasteiger partial charge in [0.25, 0.3) is 5.91 Å². The highest BCUT2D eigenvalue weighted by molar-refractivity contribution is 6.29. The number of benzene rings is 1. The van der Waals surface area contributed by atoms with Gasteiger partial charge in [-0.15, -0.1) is 0 Å². The first kappa shape index (κ1) is 16.3. The molecular weight excluding hydrogens is 300 g/mol. The quantitative estimate of drug-likeness (QED) is 0.851. The van der Waals surface area contributed by atoms with Gasteiger partial charge in [-0.25, -0.2) is 4.98 Å². The molecule has 0 saturated carbocycles. The zero-order chi connectivity index (χ0) is 16.1. The minimum atomic E-state index is -0.168. The molecule has 0 fully saturated rings. The fourth-order valence-electron chi connectivity index (χ4n) is 2.21. The molecule has 0 aliphatic carbocycles. The number of halogens is 1. The summed E-state index contributed by atoms with van der Waals surface area (Å²) in [5.41, 5.74) is 1.53. The lowest BCUT2D eigenvalue weighted by molar-refractivity contribution is 0.0925. The Hall–Kier alpha value is -2.07. The van der Waals surface area contributed by atoms with Crippen molar-refractivity contribution in [2.45, 2.75) is 19.9 Å². The van der Waals surface area contributed by atoms with E-state index in [4.69, 9.17) is 16.3 Å². The largest absolute Gasteiger partial charge is 0.497 e. The van der Waals surface area contributed by atoms with E-state index in [9.17, 15) is 4.79 Å². The van der Waals surface area contributed by atoms with Crippen LogP contribution in [0.25, 0.3) is 0 Å². The van der Waals surface area contributed by atoms with Crippen molar-refractivity contribution in [1.29, 1.82) is 0 Å². The Morgan fingerprint density at radius 1 is 1.23 bits per heavy atom. The van der Waals surface area contributed by atoms with Crippen molar-refractivity contribution in [3.05, 3.63) is 58.9 Å². The van der Waals surface area contributed by atoms with Gasteiger partial charge < -0.3 is 10.1 Å². The molecule has 2 aromatic rings. The average Bonchev–Trinajstić information content (AvgIpc) is 2.52. The smallest absolute Gasteiger partial charge is 0.251 e. The van der Waals surface area contributed by atoms with Crippen LogP contribution >= 0.6 is 11.6 Å². The Morgan fingerprint density at radius 2 is 1.91 bits per heavy atom. The number of amides is 1. The zero-order valence-electron chi connectivity index (χ0n) is 12.8. The number of hydrogen-bond acceptors (Lipinski definition) is 3. The van der Waals surface area contributed by atoms with Crippen LogP contribution in [0.5, 0.6) is 5.75 Å². The number of carbonyl (C=O) groups excluding carboxylic acids is 1. The molecule has 0 aliphatic rings. The van der Waals surface area contributed by atoms with Gasteiger partial charge in [-0.2, -0.15) is 0 Å². The first-order valence-electron chi connectivity index (χ1n) is 7.07. The van der Waals surface area contributed by atoms with Gasteiger partial charge in [0.2, 0.25) is 0 Å². The lowest BCUT2D eigenvalue weighted by atomic mass is 9.95. The molecule has 5 heteroatoms. The normalized spacial score (nSPS) is 12.0. The van der Waals surface area contributed by atoms with Gasteiger partial charge in [0.05, 0.1) is 13.2 Å². The van der Waals surface area contributed by atoms with Crippen LogP contribution in [0.2, 0.25) is 5.15 Å². The zero-order valence-corrected chi connectivity index (χ0v) is 13.6. The van der Waals surface area contributed by atoms with Crippen LogP contribution < -0.4 is 10.1 Å². The molecule has 0 unspecified atom stereocenters. The van der Waals surface area contributed by atoms with Crippen LogP contribution in [0.4, 0.5) is 0 Å². The van der Waals surface area contributed by atoms with E-state index in [0.29, 0.717) is 10.7 Å². The van der Waals surface area contributed by atoms with Gasteiger partial charge >= 0.3 is 0 Å². The fourth-order valence-corrected chi connectivity index (χ4v) is 2.39. The molecule has 1 N–H and O–H groups in total. The topological polar surface area (TPSA) is 51.2 Å². The predicted octanol–water partition coefficient (Wildman–Crippen LogP) is 3.87. The summed E-state index contributed by atoms with van der Waals surface area (Å²) in [5, 5.41) is 3.35. The van der Waals surface area contributed by atoms with E-state index in [1.165, 1.54) is 6.20 Å². The number of aromatic nitrogens is 1. The number of methoxy groups -OCH3 is 1. The van der Waals surface area contributed by atoms with Crippen molar-refractivity contribution >= 4 is 17.5 Å². The van der Waals surface area contributed by atoms with Crippen molar-refractivity contribution in [1.82, 2.24) is 10.3 Å². The van der Waals surface area contributed by atoms with Crippen LogP contribution in [-0.2, 0) is 0 Å². The number of nitrogens with zero attached hydrogens (tertiary/aromatic N) is 1. The van der Waals surface area contributed by atoms with E-state index in [2.05, 4.69) is 24.1 Å². The van der Waals surface area contributed by atoms with Crippen molar-refractivity contribution in [3.63, 3.8) is 0 Å². The van der Waals surface area contributed by atoms with Gasteiger partial charge in [-0.1, -0.05) is 37.6 Å². The second-order valence-corrected chi connectivity index (χ2v) is 5.72. The van der Waals surface area contributed by atoms with E-state index < -0.39 is 0 Å². The summed E-state index contributed by atoms with van der Waals surface area (Å²) in [5.74, 6) is 0.868. The van der Waals surface area contributed by atoms with E-state index >= 15 is 0 Å². The SMILES string of the molecule is COc1ccc([C@H](NC(=O)c2ccnc(Cl)c2)C(C)C)cc1. The Bertz CT molecular complexity index is 641. The maximum absolute atomic E-state index is 12.4. The van der Waals surface area contributed by atoms with Gasteiger partial charge in [0.1, 0.15) is 10.9 Å². The van der Waals surface area contributed by atoms with Crippen molar-refractivity contribution in [2.75, 3.05) is 7.11 Å². The van der Waals surface area contributed by atoms with Gasteiger partial charge in [-0.3, -0.25) is 4.79 Å². The number of hydrogen-bond donors (Lipinski definition) is 1. The maximum atomic E-state index is 12.4. The van der Waals surface area contributed by atoms with Crippen LogP contribution in [0, 0.1) is 5.92 Å². The number of rotatable bonds is 5. The average molecular weight is 319 g/mol. The highest BCUT2D eigenvalue weighted by Gasteiger charge is 2.19. The molecule has 0 spiro atoms. The molecule has 1 aromatic heterocycles. The minimum Gasteiger partial charge on any atom is -0.497 e. The van der Waals surface area contributed by atoms with Gasteiger partial charge in [-0.05, 0) is 35.7 Å². The summed E-state index contributed by atoms with van der Waals surface area (Å²) in [7, 11) is 1.63. The van der Waals surface area contributed by atoms with E-state index in [1.807, 2.05) is 24.3 Å². The van der Waals surface area contributed by atoms with Crippen LogP contribution in [0.1, 0.15) is 35.8 Å². The van der Waals surface area contributed by atoms with Crippen LogP contribution in [0.3, 0.4) is 0 Å². The number of ether oxygens (including phenoxy) is 1. The third-order valence-electron chi connectivity index (χ3n) is 3.42. The predicted molar refractivity (Wildman–Crippen MR) is 87.3 cm³/mol. The second-order valence-electron chi connectivity index (χ2n) is 5.34. The van der Waals surface area contributed by atoms with E-state index in [0.717, 1.165) is 11.3 Å². The van der Waals surface area contributed by atoms with Crippen molar-refractivity contribution in [3.8, 4) is 5.75 Å². The summed E-state index contributed by atoms with van der Waals surface area (Å²) in [4.78, 5) is 16.3. The lowest BCUT2D eigenvalue weighted by Gasteiger charge is -2.23. The van der Waals surface area contributed by atoms with Crippen molar-refractivity contribution in [2.24, 2.45) is 5.92 Å². The molecule has 0 radical (unpaired) electrons. The fraction of sp³-hybridized carbons (Fsp3) is 0.294. The Morgan fingerprint density at radius 3 is 2.45 bits per heavy atom. The highest BCUT2D eigenvalue weighted by atomic mass is 35.5. The molecule has 1 aromatic carbocycles. The van der Waals surface area contributed by atoms with E-state index in [-0.39, 0.29) is 17.9 Å². The molecule has 22 heavy (non-hydrogen) atoms. The molecule has 0 bridgehead atoms. The van der Waals surface area contributed by atoms with Crippen molar-refractivity contribution < 1.29 is 9.53 Å². The molecule has 0 saturated heterocycles. The van der Waals surface area contributed by atoms with Crippen LogP contribution in [-0.4, -0.2) is 18.0 Å². The van der Waals surface area contributed by atoms with E-state index in [1.54, 1.807) is 19.2 Å². The molecule has 1 amide bonds. The molecule has 4 nitrogen and oxygen atoms in total. The molecule has 1 heterocycles. The third kappa shape index (κ3) is 3.98. The summed E-state index contributed by atoms with van der Waals surface area (Å²) in [6.45, 7) is 4.13. The highest BCUT2D eigenvalue weighted by Crippen LogP contribution is 2.24. The first-order chi connectivity index (χ1) is 10.5. The Balaban J connectivity index is 2.19. The Labute approximate surface area is 135 Å². The second kappa shape index (κ2) is 7.27. The lowest BCUT2D eigenvalue weighted by Crippen LogP contribution is -2.31. The molecule has 1 atom stereocenters. The summed E-state index contributed by atoms with van der Waals surface area (Å²) < 4.78 is 5.16. The third-order valence-corrected chi connectivity index (χ3v) is 3.62. The number of nitrogens with one attached hydrogen (secondary N) is 1. The molecule has 2 rings (SSSR count). The standard InChI is InChI=1S/C17H19ClN2O2/c1-11(2)16(12-4-6-14(22-3)7-5-12)20-17(21)13-8-9-19-15(18)10-13/h4-11,16H,1-3H3,(H,20,21)/t16-/m1/s1. The maximum Gasteiger partial charge on any atom is 0.251 e. The molecule has 0 aliphatic heterocycles. The molecular formula is C17H19ClN2O2. The minimum absolute atomic E-state index is 0.0923.